The Hall–Kier alpha value is -0.560. The van der Waals surface area contributed by atoms with Gasteiger partial charge in [-0.25, -0.2) is 0 Å². The van der Waals surface area contributed by atoms with Gasteiger partial charge in [-0.05, 0) is 82.5 Å². The predicted octanol–water partition coefficient (Wildman–Crippen LogP) is 5.25. The van der Waals surface area contributed by atoms with Crippen LogP contribution in [0.1, 0.15) is 140 Å². The quantitative estimate of drug-likeness (QED) is 0.124. The number of rotatable bonds is 14. The summed E-state index contributed by atoms with van der Waals surface area (Å²) in [5, 5.41) is 63.9. The average Bonchev–Trinajstić information content (AvgIpc) is 3.67. The van der Waals surface area contributed by atoms with E-state index in [9.17, 15) is 30.6 Å². The maximum Gasteiger partial charge on any atom is 0.192 e. The van der Waals surface area contributed by atoms with Gasteiger partial charge in [0.1, 0.15) is 5.60 Å². The van der Waals surface area contributed by atoms with E-state index in [1.54, 1.807) is 14.0 Å². The fourth-order valence-electron chi connectivity index (χ4n) is 12.4. The van der Waals surface area contributed by atoms with Crippen LogP contribution in [0.25, 0.3) is 0 Å². The van der Waals surface area contributed by atoms with E-state index < -0.39 is 78.8 Å². The summed E-state index contributed by atoms with van der Waals surface area (Å²) < 4.78 is 54.3. The lowest BCUT2D eigenvalue weighted by atomic mass is 9.76. The number of hydrogen-bond donors (Lipinski definition) is 6. The van der Waals surface area contributed by atoms with Crippen LogP contribution in [0.2, 0.25) is 0 Å². The standard InChI is InChI=1S/C47H84O14/c1-24(40(50)25(2)18-28(5)43(51)52)17-26(3)41-32(9)34(49)21-45(59-41)22-38(56-39-16-14-35(54-12)33(10)55-39)44(11,61-45)37-15-13-29(6)47(58-37)31(8)20-36(57-47)42-27(4)19-30(7)46(53,23-48)60-42/h24-43,48-53H,13-23H2,1-12H3. The molecule has 6 aliphatic rings. The van der Waals surface area contributed by atoms with Crippen molar-refractivity contribution >= 4 is 0 Å². The van der Waals surface area contributed by atoms with Gasteiger partial charge in [0, 0.05) is 56.0 Å². The van der Waals surface area contributed by atoms with Gasteiger partial charge in [-0.2, -0.15) is 0 Å². The van der Waals surface area contributed by atoms with E-state index in [1.807, 2.05) is 41.5 Å². The monoisotopic (exact) mass is 873 g/mol. The van der Waals surface area contributed by atoms with Gasteiger partial charge in [-0.1, -0.05) is 62.3 Å². The van der Waals surface area contributed by atoms with Gasteiger partial charge >= 0.3 is 0 Å². The SMILES string of the molecule is COC1CCC(OC2CC3(CC(O)C(C)C(C(C)CC(C)C(O)C(C)CC(C)C(O)O)O3)OC2(C)C2CCC(C)C3(OC(C4OC(O)(CO)C(C)CC4C)CC3C)O2)OC1C. The number of hydrogen-bond acceptors (Lipinski definition) is 14. The van der Waals surface area contributed by atoms with Crippen molar-refractivity contribution in [3.05, 3.63) is 0 Å². The van der Waals surface area contributed by atoms with Crippen molar-refractivity contribution in [3.63, 3.8) is 0 Å². The van der Waals surface area contributed by atoms with Crippen molar-refractivity contribution in [2.75, 3.05) is 13.7 Å². The lowest BCUT2D eigenvalue weighted by Crippen LogP contribution is -2.61. The molecule has 0 saturated carbocycles. The third-order valence-corrected chi connectivity index (χ3v) is 16.6. The van der Waals surface area contributed by atoms with Crippen molar-refractivity contribution in [1.82, 2.24) is 0 Å². The highest BCUT2D eigenvalue weighted by Gasteiger charge is 2.66. The van der Waals surface area contributed by atoms with Gasteiger partial charge in [0.15, 0.2) is 29.9 Å². The number of aliphatic hydroxyl groups is 6. The first-order chi connectivity index (χ1) is 28.5. The third-order valence-electron chi connectivity index (χ3n) is 16.6. The lowest BCUT2D eigenvalue weighted by Gasteiger charge is -2.52. The molecule has 6 heterocycles. The topological polar surface area (TPSA) is 195 Å². The molecule has 6 rings (SSSR count). The molecule has 6 aliphatic heterocycles. The Morgan fingerprint density at radius 2 is 1.46 bits per heavy atom. The molecular formula is C47H84O14. The minimum absolute atomic E-state index is 0.0182. The van der Waals surface area contributed by atoms with Crippen LogP contribution in [-0.4, -0.2) is 135 Å². The second-order valence-corrected chi connectivity index (χ2v) is 21.4. The summed E-state index contributed by atoms with van der Waals surface area (Å²) in [6.07, 6.45) is 0.285. The molecular weight excluding hydrogens is 789 g/mol. The number of aliphatic hydroxyl groups excluding tert-OH is 4. The Morgan fingerprint density at radius 3 is 2.10 bits per heavy atom. The molecule has 6 saturated heterocycles. The molecule has 6 N–H and O–H groups in total. The summed E-state index contributed by atoms with van der Waals surface area (Å²) in [4.78, 5) is 0. The van der Waals surface area contributed by atoms with Crippen molar-refractivity contribution in [3.8, 4) is 0 Å². The van der Waals surface area contributed by atoms with Crippen LogP contribution < -0.4 is 0 Å². The van der Waals surface area contributed by atoms with Crippen molar-refractivity contribution in [1.29, 1.82) is 0 Å². The van der Waals surface area contributed by atoms with E-state index in [0.717, 1.165) is 12.8 Å². The van der Waals surface area contributed by atoms with E-state index in [1.165, 1.54) is 0 Å². The minimum Gasteiger partial charge on any atom is -0.393 e. The van der Waals surface area contributed by atoms with E-state index in [4.69, 9.17) is 37.9 Å². The van der Waals surface area contributed by atoms with Crippen LogP contribution in [0.3, 0.4) is 0 Å². The largest absolute Gasteiger partial charge is 0.393 e. The Bertz CT molecular complexity index is 1420. The highest BCUT2D eigenvalue weighted by atomic mass is 16.8. The number of methoxy groups -OCH3 is 1. The van der Waals surface area contributed by atoms with E-state index in [-0.39, 0.29) is 78.0 Å². The zero-order chi connectivity index (χ0) is 45.0. The zero-order valence-electron chi connectivity index (χ0n) is 39.3. The summed E-state index contributed by atoms with van der Waals surface area (Å²) in [5.41, 5.74) is -1.04. The molecule has 0 bridgehead atoms. The summed E-state index contributed by atoms with van der Waals surface area (Å²) in [6.45, 7) is 21.8. The van der Waals surface area contributed by atoms with E-state index in [2.05, 4.69) is 27.7 Å². The maximum absolute atomic E-state index is 11.8. The molecule has 2 spiro atoms. The Balaban J connectivity index is 1.25. The van der Waals surface area contributed by atoms with Gasteiger partial charge in [0.2, 0.25) is 0 Å². The average molecular weight is 873 g/mol. The van der Waals surface area contributed by atoms with Crippen LogP contribution in [0.15, 0.2) is 0 Å². The normalized spacial score (nSPS) is 49.6. The summed E-state index contributed by atoms with van der Waals surface area (Å²) in [7, 11) is 1.70. The predicted molar refractivity (Wildman–Crippen MR) is 225 cm³/mol. The molecule has 356 valence electrons. The van der Waals surface area contributed by atoms with Crippen LogP contribution in [-0.2, 0) is 37.9 Å². The molecule has 0 aromatic carbocycles. The molecule has 14 heteroatoms. The van der Waals surface area contributed by atoms with Gasteiger partial charge < -0.3 is 68.5 Å². The molecule has 23 unspecified atom stereocenters. The summed E-state index contributed by atoms with van der Waals surface area (Å²) in [6, 6.07) is 0. The maximum atomic E-state index is 11.8. The van der Waals surface area contributed by atoms with Crippen molar-refractivity contribution < 1.29 is 68.5 Å². The fraction of sp³-hybridized carbons (Fsp3) is 1.00. The first kappa shape index (κ1) is 49.9. The fourth-order valence-corrected chi connectivity index (χ4v) is 12.4. The van der Waals surface area contributed by atoms with E-state index >= 15 is 0 Å². The van der Waals surface area contributed by atoms with Crippen LogP contribution >= 0.6 is 0 Å². The zero-order valence-corrected chi connectivity index (χ0v) is 39.3. The molecule has 0 aromatic rings. The Kier molecular flexibility index (Phi) is 15.8. The van der Waals surface area contributed by atoms with E-state index in [0.29, 0.717) is 44.9 Å². The van der Waals surface area contributed by atoms with Crippen LogP contribution in [0.5, 0.6) is 0 Å². The van der Waals surface area contributed by atoms with Gasteiger partial charge in [0.05, 0.1) is 61.5 Å². The highest BCUT2D eigenvalue weighted by Crippen LogP contribution is 2.57. The van der Waals surface area contributed by atoms with Gasteiger partial charge in [-0.15, -0.1) is 0 Å². The molecule has 6 fully saturated rings. The van der Waals surface area contributed by atoms with Crippen LogP contribution in [0, 0.1) is 53.3 Å². The number of ether oxygens (including phenoxy) is 8. The minimum atomic E-state index is -1.63. The second kappa shape index (κ2) is 19.3. The van der Waals surface area contributed by atoms with Gasteiger partial charge in [-0.3, -0.25) is 0 Å². The summed E-state index contributed by atoms with van der Waals surface area (Å²) >= 11 is 0. The smallest absolute Gasteiger partial charge is 0.192 e. The first-order valence-corrected chi connectivity index (χ1v) is 23.8. The molecule has 23 atom stereocenters. The second-order valence-electron chi connectivity index (χ2n) is 21.4. The first-order valence-electron chi connectivity index (χ1n) is 23.8. The van der Waals surface area contributed by atoms with Crippen molar-refractivity contribution in [2.24, 2.45) is 53.3 Å². The Morgan fingerprint density at radius 1 is 0.770 bits per heavy atom. The molecule has 0 amide bonds. The van der Waals surface area contributed by atoms with Gasteiger partial charge in [0.25, 0.3) is 0 Å². The molecule has 0 radical (unpaired) electrons. The van der Waals surface area contributed by atoms with Crippen molar-refractivity contribution in [2.45, 2.75) is 231 Å². The highest BCUT2D eigenvalue weighted by molar-refractivity contribution is 5.09. The molecule has 14 nitrogen and oxygen atoms in total. The molecule has 61 heavy (non-hydrogen) atoms. The Labute approximate surface area is 365 Å². The third kappa shape index (κ3) is 9.94. The molecule has 0 aliphatic carbocycles. The summed E-state index contributed by atoms with van der Waals surface area (Å²) in [5.74, 6) is -4.77. The lowest BCUT2D eigenvalue weighted by molar-refractivity contribution is -0.379. The van der Waals surface area contributed by atoms with Crippen LogP contribution in [0.4, 0.5) is 0 Å². The molecule has 0 aromatic heterocycles.